The van der Waals surface area contributed by atoms with Crippen LogP contribution >= 0.6 is 0 Å². The van der Waals surface area contributed by atoms with Gasteiger partial charge >= 0.3 is 0 Å². The zero-order chi connectivity index (χ0) is 18.4. The number of carbonyl (C=O) groups is 1. The molecule has 8 heteroatoms. The SMILES string of the molecule is C=C(C(=O)Nc1cnc(OCCC)cn1)c1ccc(S(C)(=O)=O)cc1. The summed E-state index contributed by atoms with van der Waals surface area (Å²) in [5.41, 5.74) is 0.703. The highest BCUT2D eigenvalue weighted by atomic mass is 32.2. The quantitative estimate of drug-likeness (QED) is 0.760. The highest BCUT2D eigenvalue weighted by Crippen LogP contribution is 2.18. The number of ether oxygens (including phenoxy) is 1. The standard InChI is InChI=1S/C17H19N3O4S/c1-4-9-24-16-11-18-15(10-19-16)20-17(21)12(2)13-5-7-14(8-6-13)25(3,22)23/h5-8,10-11H,2,4,9H2,1,3H3,(H,18,20,21). The average Bonchev–Trinajstić information content (AvgIpc) is 2.60. The van der Waals surface area contributed by atoms with Gasteiger partial charge in [-0.1, -0.05) is 25.6 Å². The highest BCUT2D eigenvalue weighted by molar-refractivity contribution is 7.90. The Kier molecular flexibility index (Phi) is 5.87. The van der Waals surface area contributed by atoms with Crippen molar-refractivity contribution in [3.8, 4) is 5.88 Å². The Hall–Kier alpha value is -2.74. The molecular weight excluding hydrogens is 342 g/mol. The minimum atomic E-state index is -3.29. The fourth-order valence-corrected chi connectivity index (χ4v) is 2.52. The lowest BCUT2D eigenvalue weighted by Gasteiger charge is -2.08. The van der Waals surface area contributed by atoms with Crippen molar-refractivity contribution in [1.29, 1.82) is 0 Å². The lowest BCUT2D eigenvalue weighted by Crippen LogP contribution is -2.14. The Morgan fingerprint density at radius 3 is 2.40 bits per heavy atom. The average molecular weight is 361 g/mol. The van der Waals surface area contributed by atoms with Crippen LogP contribution < -0.4 is 10.1 Å². The third-order valence-corrected chi connectivity index (χ3v) is 4.36. The first-order valence-corrected chi connectivity index (χ1v) is 9.46. The van der Waals surface area contributed by atoms with Gasteiger partial charge in [-0.25, -0.2) is 18.4 Å². The first-order valence-electron chi connectivity index (χ1n) is 7.57. The van der Waals surface area contributed by atoms with Crippen molar-refractivity contribution in [1.82, 2.24) is 9.97 Å². The van der Waals surface area contributed by atoms with E-state index in [-0.39, 0.29) is 16.3 Å². The van der Waals surface area contributed by atoms with Crippen molar-refractivity contribution in [2.45, 2.75) is 18.2 Å². The number of anilines is 1. The van der Waals surface area contributed by atoms with Crippen molar-refractivity contribution in [2.24, 2.45) is 0 Å². The van der Waals surface area contributed by atoms with E-state index in [0.29, 0.717) is 18.1 Å². The van der Waals surface area contributed by atoms with Gasteiger partial charge in [0, 0.05) is 11.8 Å². The summed E-state index contributed by atoms with van der Waals surface area (Å²) in [6.45, 7) is 6.26. The van der Waals surface area contributed by atoms with Crippen molar-refractivity contribution in [3.63, 3.8) is 0 Å². The van der Waals surface area contributed by atoms with Gasteiger partial charge in [-0.3, -0.25) is 4.79 Å². The van der Waals surface area contributed by atoms with E-state index in [9.17, 15) is 13.2 Å². The van der Waals surface area contributed by atoms with Crippen molar-refractivity contribution in [3.05, 3.63) is 48.8 Å². The summed E-state index contributed by atoms with van der Waals surface area (Å²) in [6, 6.07) is 5.93. The maximum absolute atomic E-state index is 12.2. The van der Waals surface area contributed by atoms with E-state index < -0.39 is 15.7 Å². The van der Waals surface area contributed by atoms with E-state index in [1.54, 1.807) is 0 Å². The summed E-state index contributed by atoms with van der Waals surface area (Å²) >= 11 is 0. The van der Waals surface area contributed by atoms with Crippen molar-refractivity contribution in [2.75, 3.05) is 18.2 Å². The Bertz CT molecular complexity index is 860. The van der Waals surface area contributed by atoms with Crippen LogP contribution in [0.1, 0.15) is 18.9 Å². The molecule has 2 aromatic rings. The fourth-order valence-electron chi connectivity index (χ4n) is 1.89. The molecule has 1 amide bonds. The number of hydrogen-bond acceptors (Lipinski definition) is 6. The summed E-state index contributed by atoms with van der Waals surface area (Å²) in [5.74, 6) is 0.196. The maximum atomic E-state index is 12.2. The smallest absolute Gasteiger partial charge is 0.256 e. The molecule has 25 heavy (non-hydrogen) atoms. The molecule has 0 saturated heterocycles. The first kappa shape index (κ1) is 18.6. The molecule has 0 bridgehead atoms. The number of hydrogen-bond donors (Lipinski definition) is 1. The number of nitrogens with zero attached hydrogens (tertiary/aromatic N) is 2. The van der Waals surface area contributed by atoms with Gasteiger partial charge in [0.05, 0.1) is 23.9 Å². The number of sulfone groups is 1. The number of rotatable bonds is 7. The largest absolute Gasteiger partial charge is 0.477 e. The molecule has 1 aromatic heterocycles. The van der Waals surface area contributed by atoms with Crippen molar-refractivity contribution < 1.29 is 17.9 Å². The van der Waals surface area contributed by atoms with Crippen LogP contribution in [0.3, 0.4) is 0 Å². The van der Waals surface area contributed by atoms with E-state index in [2.05, 4.69) is 21.9 Å². The molecule has 2 rings (SSSR count). The molecule has 0 aliphatic carbocycles. The molecule has 0 unspecified atom stereocenters. The molecule has 132 valence electrons. The molecule has 1 N–H and O–H groups in total. The summed E-state index contributed by atoms with van der Waals surface area (Å²) < 4.78 is 28.2. The molecule has 0 fully saturated rings. The van der Waals surface area contributed by atoms with E-state index in [1.807, 2.05) is 6.92 Å². The lowest BCUT2D eigenvalue weighted by atomic mass is 10.1. The Balaban J connectivity index is 2.03. The summed E-state index contributed by atoms with van der Waals surface area (Å²) in [7, 11) is -3.29. The van der Waals surface area contributed by atoms with Gasteiger partial charge in [-0.2, -0.15) is 0 Å². The van der Waals surface area contributed by atoms with Gasteiger partial charge in [-0.15, -0.1) is 0 Å². The lowest BCUT2D eigenvalue weighted by molar-refractivity contribution is -0.111. The second-order valence-corrected chi connectivity index (χ2v) is 7.33. The van der Waals surface area contributed by atoms with Gasteiger partial charge in [0.2, 0.25) is 5.88 Å². The second-order valence-electron chi connectivity index (χ2n) is 5.32. The third-order valence-electron chi connectivity index (χ3n) is 3.23. The van der Waals surface area contributed by atoms with E-state index in [1.165, 1.54) is 36.7 Å². The Morgan fingerprint density at radius 1 is 1.20 bits per heavy atom. The van der Waals surface area contributed by atoms with Crippen LogP contribution in [0.4, 0.5) is 5.82 Å². The highest BCUT2D eigenvalue weighted by Gasteiger charge is 2.13. The van der Waals surface area contributed by atoms with Crippen LogP contribution in [-0.2, 0) is 14.6 Å². The van der Waals surface area contributed by atoms with Crippen LogP contribution in [0, 0.1) is 0 Å². The zero-order valence-corrected chi connectivity index (χ0v) is 14.8. The predicted octanol–water partition coefficient (Wildman–Crippen LogP) is 2.32. The van der Waals surface area contributed by atoms with Crippen molar-refractivity contribution >= 4 is 27.1 Å². The second kappa shape index (κ2) is 7.89. The maximum Gasteiger partial charge on any atom is 0.256 e. The monoisotopic (exact) mass is 361 g/mol. The molecule has 0 atom stereocenters. The molecular formula is C17H19N3O4S. The Morgan fingerprint density at radius 2 is 1.88 bits per heavy atom. The van der Waals surface area contributed by atoms with Gasteiger partial charge in [0.15, 0.2) is 15.7 Å². The molecule has 1 heterocycles. The van der Waals surface area contributed by atoms with Gasteiger partial charge in [-0.05, 0) is 24.1 Å². The molecule has 0 aliphatic rings. The van der Waals surface area contributed by atoms with E-state index >= 15 is 0 Å². The number of amides is 1. The van der Waals surface area contributed by atoms with Crippen LogP contribution in [-0.4, -0.2) is 37.2 Å². The van der Waals surface area contributed by atoms with Gasteiger partial charge < -0.3 is 10.1 Å². The summed E-state index contributed by atoms with van der Waals surface area (Å²) in [4.78, 5) is 20.5. The number of nitrogens with one attached hydrogen (secondary N) is 1. The zero-order valence-electron chi connectivity index (χ0n) is 14.0. The molecule has 0 spiro atoms. The van der Waals surface area contributed by atoms with E-state index in [4.69, 9.17) is 4.74 Å². The predicted molar refractivity (Wildman–Crippen MR) is 95.0 cm³/mol. The van der Waals surface area contributed by atoms with Gasteiger partial charge in [0.25, 0.3) is 5.91 Å². The van der Waals surface area contributed by atoms with Crippen LogP contribution in [0.15, 0.2) is 48.1 Å². The molecule has 1 aromatic carbocycles. The normalized spacial score (nSPS) is 11.0. The molecule has 0 aliphatic heterocycles. The minimum Gasteiger partial charge on any atom is -0.477 e. The number of carbonyl (C=O) groups excluding carboxylic acids is 1. The minimum absolute atomic E-state index is 0.179. The van der Waals surface area contributed by atoms with E-state index in [0.717, 1.165) is 12.7 Å². The van der Waals surface area contributed by atoms with Gasteiger partial charge in [0.1, 0.15) is 0 Å². The van der Waals surface area contributed by atoms with Crippen LogP contribution in [0.2, 0.25) is 0 Å². The summed E-state index contributed by atoms with van der Waals surface area (Å²) in [5, 5.41) is 2.58. The molecule has 7 nitrogen and oxygen atoms in total. The molecule has 0 saturated carbocycles. The fraction of sp³-hybridized carbons (Fsp3) is 0.235. The number of aromatic nitrogens is 2. The third kappa shape index (κ3) is 5.12. The molecule has 0 radical (unpaired) electrons. The van der Waals surface area contributed by atoms with Crippen LogP contribution in [0.5, 0.6) is 5.88 Å². The Labute approximate surface area is 146 Å². The number of benzene rings is 1. The first-order chi connectivity index (χ1) is 11.8. The summed E-state index contributed by atoms with van der Waals surface area (Å²) in [6.07, 6.45) is 4.80. The topological polar surface area (TPSA) is 98.2 Å². The van der Waals surface area contributed by atoms with Crippen LogP contribution in [0.25, 0.3) is 5.57 Å².